The molecule has 6 nitrogen and oxygen atoms in total. The van der Waals surface area contributed by atoms with Crippen LogP contribution in [-0.4, -0.2) is 36.6 Å². The van der Waals surface area contributed by atoms with Crippen molar-refractivity contribution in [3.05, 3.63) is 35.4 Å². The molecule has 1 rings (SSSR count). The van der Waals surface area contributed by atoms with Gasteiger partial charge in [0.1, 0.15) is 24.9 Å². The van der Waals surface area contributed by atoms with Crippen LogP contribution in [0, 0.1) is 0 Å². The lowest BCUT2D eigenvalue weighted by atomic mass is 9.90. The van der Waals surface area contributed by atoms with E-state index in [1.165, 1.54) is 52.9 Å². The van der Waals surface area contributed by atoms with Crippen LogP contribution in [0.2, 0.25) is 0 Å². The first-order valence-electron chi connectivity index (χ1n) is 11.5. The average Bonchev–Trinajstić information content (AvgIpc) is 2.73. The van der Waals surface area contributed by atoms with Crippen LogP contribution in [0.15, 0.2) is 24.3 Å². The minimum absolute atomic E-state index is 0.204. The summed E-state index contributed by atoms with van der Waals surface area (Å²) in [5.74, 6) is -1.58. The van der Waals surface area contributed by atoms with Gasteiger partial charge in [0, 0.05) is 27.2 Å². The largest absolute Gasteiger partial charge is 0.463 e. The second-order valence-corrected chi connectivity index (χ2v) is 8.45. The Morgan fingerprint density at radius 1 is 0.906 bits per heavy atom. The number of alkyl halides is 1. The van der Waals surface area contributed by atoms with Crippen molar-refractivity contribution >= 4 is 17.8 Å². The summed E-state index contributed by atoms with van der Waals surface area (Å²) < 4.78 is 25.4. The Bertz CT molecular complexity index is 702. The molecule has 0 saturated carbocycles. The molecule has 0 spiro atoms. The van der Waals surface area contributed by atoms with E-state index in [1.807, 2.05) is 12.1 Å². The standard InChI is InChI=1S/C25H38FNO5/c1-5-6-7-8-9-10-11-22-12-14-23(15-13-22)24(26)16-25(27-19(2)28,17-31-20(3)29)18-32-21(4)30/h12-15,24H,5-11,16-18H2,1-4H3,(H,27,28)/i26-1. The van der Waals surface area contributed by atoms with Crippen molar-refractivity contribution in [1.29, 1.82) is 0 Å². The molecule has 0 saturated heterocycles. The maximum atomic E-state index is 15.3. The minimum atomic E-state index is -1.45. The van der Waals surface area contributed by atoms with Crippen molar-refractivity contribution < 1.29 is 28.2 Å². The van der Waals surface area contributed by atoms with Crippen molar-refractivity contribution in [2.24, 2.45) is 0 Å². The van der Waals surface area contributed by atoms with Crippen LogP contribution in [0.3, 0.4) is 0 Å². The van der Waals surface area contributed by atoms with Gasteiger partial charge in [0.15, 0.2) is 0 Å². The van der Waals surface area contributed by atoms with Gasteiger partial charge in [-0.25, -0.2) is 4.39 Å². The van der Waals surface area contributed by atoms with E-state index >= 15 is 4.39 Å². The Balaban J connectivity index is 2.81. The fourth-order valence-corrected chi connectivity index (χ4v) is 3.60. The van der Waals surface area contributed by atoms with Crippen LogP contribution in [0.5, 0.6) is 0 Å². The summed E-state index contributed by atoms with van der Waals surface area (Å²) in [5, 5.41) is 2.63. The van der Waals surface area contributed by atoms with Crippen molar-refractivity contribution in [3.63, 3.8) is 0 Å². The summed E-state index contributed by atoms with van der Waals surface area (Å²) >= 11 is 0. The van der Waals surface area contributed by atoms with Crippen LogP contribution in [0.1, 0.15) is 89.9 Å². The molecule has 1 N–H and O–H groups in total. The minimum Gasteiger partial charge on any atom is -0.463 e. The van der Waals surface area contributed by atoms with E-state index in [0.29, 0.717) is 5.56 Å². The number of hydrogen-bond donors (Lipinski definition) is 1. The van der Waals surface area contributed by atoms with Crippen molar-refractivity contribution in [2.45, 2.75) is 90.8 Å². The van der Waals surface area contributed by atoms with E-state index < -0.39 is 29.6 Å². The molecule has 0 aromatic heterocycles. The zero-order valence-electron chi connectivity index (χ0n) is 19.9. The normalized spacial score (nSPS) is 12.2. The zero-order chi connectivity index (χ0) is 24.0. The Morgan fingerprint density at radius 2 is 1.44 bits per heavy atom. The number of unbranched alkanes of at least 4 members (excludes halogenated alkanes) is 5. The SMILES string of the molecule is CCCCCCCCc1ccc(C([18F])CC(COC(C)=O)(COC(C)=O)NC(C)=O)cc1. The number of nitrogens with one attached hydrogen (secondary N) is 1. The number of rotatable bonds is 15. The Morgan fingerprint density at radius 3 is 1.94 bits per heavy atom. The number of esters is 2. The summed E-state index contributed by atoms with van der Waals surface area (Å²) in [6.07, 6.45) is 6.64. The van der Waals surface area contributed by atoms with E-state index in [-0.39, 0.29) is 19.6 Å². The van der Waals surface area contributed by atoms with E-state index in [2.05, 4.69) is 12.2 Å². The van der Waals surface area contributed by atoms with Gasteiger partial charge in [-0.3, -0.25) is 14.4 Å². The molecule has 0 aliphatic carbocycles. The zero-order valence-corrected chi connectivity index (χ0v) is 19.9. The van der Waals surface area contributed by atoms with Gasteiger partial charge in [-0.1, -0.05) is 63.3 Å². The molecule has 0 radical (unpaired) electrons. The van der Waals surface area contributed by atoms with E-state index in [0.717, 1.165) is 18.4 Å². The van der Waals surface area contributed by atoms with Gasteiger partial charge in [-0.05, 0) is 24.0 Å². The quantitative estimate of drug-likeness (QED) is 0.301. The van der Waals surface area contributed by atoms with Crippen LogP contribution in [-0.2, 0) is 30.3 Å². The van der Waals surface area contributed by atoms with Gasteiger partial charge in [0.25, 0.3) is 0 Å². The molecular weight excluding hydrogens is 412 g/mol. The molecule has 32 heavy (non-hydrogen) atoms. The van der Waals surface area contributed by atoms with Crippen molar-refractivity contribution in [1.82, 2.24) is 5.32 Å². The molecule has 0 bridgehead atoms. The van der Waals surface area contributed by atoms with Gasteiger partial charge in [-0.15, -0.1) is 0 Å². The molecule has 0 aliphatic heterocycles. The Hall–Kier alpha value is -2.44. The molecule has 0 aliphatic rings. The molecule has 1 aromatic carbocycles. The molecule has 1 atom stereocenters. The van der Waals surface area contributed by atoms with Gasteiger partial charge in [0.2, 0.25) is 5.91 Å². The lowest BCUT2D eigenvalue weighted by molar-refractivity contribution is -0.151. The molecular formula is C25H38FNO5. The molecule has 0 fully saturated rings. The summed E-state index contributed by atoms with van der Waals surface area (Å²) in [4.78, 5) is 34.4. The third kappa shape index (κ3) is 11.3. The maximum absolute atomic E-state index is 15.3. The highest BCUT2D eigenvalue weighted by Gasteiger charge is 2.37. The number of benzene rings is 1. The van der Waals surface area contributed by atoms with E-state index in [1.54, 1.807) is 12.1 Å². The van der Waals surface area contributed by atoms with E-state index in [9.17, 15) is 14.4 Å². The molecule has 180 valence electrons. The highest BCUT2D eigenvalue weighted by Crippen LogP contribution is 2.29. The third-order valence-corrected chi connectivity index (χ3v) is 5.28. The van der Waals surface area contributed by atoms with Crippen LogP contribution in [0.4, 0.5) is 4.39 Å². The summed E-state index contributed by atoms with van der Waals surface area (Å²) in [6, 6.07) is 7.33. The molecule has 0 heterocycles. The number of halogens is 1. The van der Waals surface area contributed by atoms with Crippen LogP contribution < -0.4 is 5.32 Å². The number of ether oxygens (including phenoxy) is 2. The third-order valence-electron chi connectivity index (χ3n) is 5.28. The van der Waals surface area contributed by atoms with Gasteiger partial charge < -0.3 is 14.8 Å². The van der Waals surface area contributed by atoms with Crippen LogP contribution in [0.25, 0.3) is 0 Å². The monoisotopic (exact) mass is 450 g/mol. The first kappa shape index (κ1) is 27.6. The summed E-state index contributed by atoms with van der Waals surface area (Å²) in [6.45, 7) is 5.32. The molecule has 1 amide bonds. The Labute approximate surface area is 191 Å². The number of aryl methyl sites for hydroxylation is 1. The predicted octanol–water partition coefficient (Wildman–Crippen LogP) is 4.99. The molecule has 1 unspecified atom stereocenters. The molecule has 7 heteroatoms. The van der Waals surface area contributed by atoms with Crippen LogP contribution >= 0.6 is 0 Å². The van der Waals surface area contributed by atoms with Gasteiger partial charge >= 0.3 is 11.9 Å². The average molecular weight is 451 g/mol. The van der Waals surface area contributed by atoms with Crippen molar-refractivity contribution in [2.75, 3.05) is 13.2 Å². The van der Waals surface area contributed by atoms with Crippen molar-refractivity contribution in [3.8, 4) is 0 Å². The maximum Gasteiger partial charge on any atom is 0.302 e. The molecule has 1 aromatic rings. The lowest BCUT2D eigenvalue weighted by Gasteiger charge is -2.34. The smallest absolute Gasteiger partial charge is 0.302 e. The Kier molecular flexibility index (Phi) is 12.6. The van der Waals surface area contributed by atoms with E-state index in [4.69, 9.17) is 9.47 Å². The summed E-state index contributed by atoms with van der Waals surface area (Å²) in [5.41, 5.74) is 0.251. The fourth-order valence-electron chi connectivity index (χ4n) is 3.60. The van der Waals surface area contributed by atoms with Gasteiger partial charge in [0.05, 0.1) is 0 Å². The predicted molar refractivity (Wildman–Crippen MR) is 122 cm³/mol. The lowest BCUT2D eigenvalue weighted by Crippen LogP contribution is -2.55. The first-order chi connectivity index (χ1) is 15.2. The second kappa shape index (κ2) is 14.6. The fraction of sp³-hybridized carbons (Fsp3) is 0.640. The summed E-state index contributed by atoms with van der Waals surface area (Å²) in [7, 11) is 0. The number of hydrogen-bond acceptors (Lipinski definition) is 5. The number of carbonyl (C=O) groups excluding carboxylic acids is 3. The second-order valence-electron chi connectivity index (χ2n) is 8.45. The highest BCUT2D eigenvalue weighted by molar-refractivity contribution is 5.74. The highest BCUT2D eigenvalue weighted by atomic mass is 18.2. The number of amides is 1. The topological polar surface area (TPSA) is 81.7 Å². The van der Waals surface area contributed by atoms with Gasteiger partial charge in [-0.2, -0.15) is 0 Å². The first-order valence-corrected chi connectivity index (χ1v) is 11.5. The number of carbonyl (C=O) groups is 3.